The maximum Gasteiger partial charge on any atom is 0.137 e. The van der Waals surface area contributed by atoms with Crippen molar-refractivity contribution in [3.8, 4) is 11.3 Å². The van der Waals surface area contributed by atoms with Gasteiger partial charge in [-0.3, -0.25) is 0 Å². The number of allylic oxidation sites excluding steroid dienone is 1. The van der Waals surface area contributed by atoms with Gasteiger partial charge < -0.3 is 4.90 Å². The van der Waals surface area contributed by atoms with Crippen molar-refractivity contribution >= 4 is 23.4 Å². The van der Waals surface area contributed by atoms with Crippen molar-refractivity contribution in [2.24, 2.45) is 5.41 Å². The topological polar surface area (TPSA) is 16.1 Å². The minimum Gasteiger partial charge on any atom is -0.371 e. The van der Waals surface area contributed by atoms with Crippen LogP contribution < -0.4 is 4.90 Å². The zero-order chi connectivity index (χ0) is 22.1. The second kappa shape index (κ2) is 9.05. The van der Waals surface area contributed by atoms with Crippen LogP contribution in [0, 0.1) is 24.0 Å². The van der Waals surface area contributed by atoms with E-state index >= 15 is 8.78 Å². The van der Waals surface area contributed by atoms with Gasteiger partial charge in [-0.2, -0.15) is 0 Å². The van der Waals surface area contributed by atoms with Crippen molar-refractivity contribution < 1.29 is 8.78 Å². The van der Waals surface area contributed by atoms with E-state index in [0.717, 1.165) is 44.3 Å². The summed E-state index contributed by atoms with van der Waals surface area (Å²) in [6, 6.07) is 4.55. The molecule has 0 bridgehead atoms. The molecule has 1 aromatic carbocycles. The number of anilines is 1. The van der Waals surface area contributed by atoms with Crippen LogP contribution in [-0.4, -0.2) is 18.1 Å². The molecule has 0 unspecified atom stereocenters. The average Bonchev–Trinajstić information content (AvgIpc) is 2.67. The molecule has 0 saturated carbocycles. The third kappa shape index (κ3) is 4.85. The molecular formula is C25H31ClF2N2. The van der Waals surface area contributed by atoms with Crippen LogP contribution in [0.25, 0.3) is 17.3 Å². The van der Waals surface area contributed by atoms with Gasteiger partial charge in [0.05, 0.1) is 22.0 Å². The smallest absolute Gasteiger partial charge is 0.137 e. The van der Waals surface area contributed by atoms with Crippen molar-refractivity contribution in [1.82, 2.24) is 4.98 Å². The molecule has 0 atom stereocenters. The van der Waals surface area contributed by atoms with Crippen LogP contribution in [0.2, 0.25) is 5.02 Å². The Kier molecular flexibility index (Phi) is 6.86. The van der Waals surface area contributed by atoms with Crippen LogP contribution in [0.1, 0.15) is 64.6 Å². The number of halogens is 3. The Labute approximate surface area is 184 Å². The van der Waals surface area contributed by atoms with Crippen molar-refractivity contribution in [3.63, 3.8) is 0 Å². The Morgan fingerprint density at radius 1 is 1.10 bits per heavy atom. The first-order valence-corrected chi connectivity index (χ1v) is 11.1. The van der Waals surface area contributed by atoms with E-state index in [0.29, 0.717) is 11.4 Å². The lowest BCUT2D eigenvalue weighted by Crippen LogP contribution is -2.29. The molecule has 0 N–H and O–H groups in total. The second-order valence-electron chi connectivity index (χ2n) is 9.13. The van der Waals surface area contributed by atoms with Gasteiger partial charge in [0.2, 0.25) is 0 Å². The maximum absolute atomic E-state index is 15.1. The molecular weight excluding hydrogens is 402 g/mol. The van der Waals surface area contributed by atoms with E-state index in [-0.39, 0.29) is 21.7 Å². The molecule has 1 aromatic heterocycles. The summed E-state index contributed by atoms with van der Waals surface area (Å²) in [6.07, 6.45) is 6.13. The van der Waals surface area contributed by atoms with Crippen LogP contribution in [0.5, 0.6) is 0 Å². The van der Waals surface area contributed by atoms with E-state index < -0.39 is 11.6 Å². The predicted octanol–water partition coefficient (Wildman–Crippen LogP) is 7.82. The fourth-order valence-electron chi connectivity index (χ4n) is 4.05. The number of aryl methyl sites for hydroxylation is 1. The molecule has 1 saturated heterocycles. The lowest BCUT2D eigenvalue weighted by atomic mass is 9.84. The predicted molar refractivity (Wildman–Crippen MR) is 123 cm³/mol. The second-order valence-corrected chi connectivity index (χ2v) is 9.53. The van der Waals surface area contributed by atoms with Gasteiger partial charge in [0.25, 0.3) is 0 Å². The fraction of sp³-hybridized carbons (Fsp3) is 0.480. The van der Waals surface area contributed by atoms with Crippen LogP contribution in [-0.2, 0) is 0 Å². The molecule has 162 valence electrons. The highest BCUT2D eigenvalue weighted by Crippen LogP contribution is 2.36. The molecule has 0 amide bonds. The Morgan fingerprint density at radius 2 is 1.70 bits per heavy atom. The van der Waals surface area contributed by atoms with Crippen LogP contribution in [0.4, 0.5) is 14.5 Å². The molecule has 5 heteroatoms. The van der Waals surface area contributed by atoms with Crippen molar-refractivity contribution in [2.45, 2.75) is 60.3 Å². The molecule has 2 nitrogen and oxygen atoms in total. The third-order valence-corrected chi connectivity index (χ3v) is 6.13. The van der Waals surface area contributed by atoms with Crippen LogP contribution in [0.15, 0.2) is 23.8 Å². The molecule has 0 spiro atoms. The van der Waals surface area contributed by atoms with Gasteiger partial charge in [0.1, 0.15) is 11.6 Å². The highest BCUT2D eigenvalue weighted by atomic mass is 35.5. The SMILES string of the molecule is CC/C(=C/c1nc(-c2c(F)cc(N3CCCCC3)cc2F)c(Cl)cc1C)C(C)(C)C. The summed E-state index contributed by atoms with van der Waals surface area (Å²) in [5.41, 5.74) is 3.34. The molecule has 1 fully saturated rings. The Morgan fingerprint density at radius 3 is 2.23 bits per heavy atom. The van der Waals surface area contributed by atoms with Crippen LogP contribution >= 0.6 is 11.6 Å². The Balaban J connectivity index is 2.08. The zero-order valence-electron chi connectivity index (χ0n) is 18.6. The van der Waals surface area contributed by atoms with E-state index in [9.17, 15) is 0 Å². The van der Waals surface area contributed by atoms with Gasteiger partial charge in [0, 0.05) is 18.8 Å². The molecule has 0 radical (unpaired) electrons. The monoisotopic (exact) mass is 432 g/mol. The molecule has 0 aliphatic carbocycles. The van der Waals surface area contributed by atoms with Gasteiger partial charge in [-0.05, 0) is 67.9 Å². The average molecular weight is 433 g/mol. The maximum atomic E-state index is 15.1. The number of aromatic nitrogens is 1. The number of hydrogen-bond acceptors (Lipinski definition) is 2. The number of nitrogens with zero attached hydrogens (tertiary/aromatic N) is 2. The normalized spacial score (nSPS) is 15.6. The first kappa shape index (κ1) is 22.7. The summed E-state index contributed by atoms with van der Waals surface area (Å²) in [5.74, 6) is -1.26. The van der Waals surface area contributed by atoms with Gasteiger partial charge in [-0.15, -0.1) is 0 Å². The molecule has 2 aromatic rings. The summed E-state index contributed by atoms with van der Waals surface area (Å²) in [7, 11) is 0. The molecule has 3 rings (SSSR count). The minimum absolute atomic E-state index is 0.0186. The third-order valence-electron chi connectivity index (χ3n) is 5.85. The lowest BCUT2D eigenvalue weighted by Gasteiger charge is -2.29. The van der Waals surface area contributed by atoms with E-state index in [1.54, 1.807) is 6.07 Å². The molecule has 2 heterocycles. The molecule has 1 aliphatic heterocycles. The number of piperidine rings is 1. The van der Waals surface area contributed by atoms with Gasteiger partial charge in [-0.1, -0.05) is 44.9 Å². The first-order chi connectivity index (χ1) is 14.1. The van der Waals surface area contributed by atoms with Crippen molar-refractivity contribution in [1.29, 1.82) is 0 Å². The van der Waals surface area contributed by atoms with E-state index in [1.165, 1.54) is 17.7 Å². The van der Waals surface area contributed by atoms with Gasteiger partial charge in [0.15, 0.2) is 0 Å². The number of hydrogen-bond donors (Lipinski definition) is 0. The van der Waals surface area contributed by atoms with Gasteiger partial charge >= 0.3 is 0 Å². The largest absolute Gasteiger partial charge is 0.371 e. The number of benzene rings is 1. The van der Waals surface area contributed by atoms with Crippen LogP contribution in [0.3, 0.4) is 0 Å². The Bertz CT molecular complexity index is 931. The standard InChI is InChI=1S/C25H31ClF2N2/c1-6-17(25(3,4)5)13-22-16(2)12-19(26)24(29-22)23-20(27)14-18(15-21(23)28)30-10-8-7-9-11-30/h12-15H,6-11H2,1-5H3/b17-13-. The zero-order valence-corrected chi connectivity index (χ0v) is 19.3. The van der Waals surface area contributed by atoms with E-state index in [1.807, 2.05) is 17.9 Å². The Hall–Kier alpha value is -1.94. The van der Waals surface area contributed by atoms with Crippen molar-refractivity contribution in [3.05, 3.63) is 51.7 Å². The summed E-state index contributed by atoms with van der Waals surface area (Å²) in [5, 5.41) is 0.252. The number of pyridine rings is 1. The van der Waals surface area contributed by atoms with E-state index in [4.69, 9.17) is 11.6 Å². The summed E-state index contributed by atoms with van der Waals surface area (Å²) < 4.78 is 30.2. The first-order valence-electron chi connectivity index (χ1n) is 10.7. The highest BCUT2D eigenvalue weighted by molar-refractivity contribution is 6.33. The minimum atomic E-state index is -0.629. The summed E-state index contributed by atoms with van der Waals surface area (Å²) >= 11 is 6.40. The summed E-state index contributed by atoms with van der Waals surface area (Å²) in [6.45, 7) is 12.1. The quantitative estimate of drug-likeness (QED) is 0.489. The lowest BCUT2D eigenvalue weighted by molar-refractivity contribution is 0.492. The molecule has 30 heavy (non-hydrogen) atoms. The fourth-order valence-corrected chi connectivity index (χ4v) is 4.35. The summed E-state index contributed by atoms with van der Waals surface area (Å²) in [4.78, 5) is 6.64. The molecule has 1 aliphatic rings. The van der Waals surface area contributed by atoms with E-state index in [2.05, 4.69) is 32.7 Å². The highest BCUT2D eigenvalue weighted by Gasteiger charge is 2.22. The van der Waals surface area contributed by atoms with Gasteiger partial charge in [-0.25, -0.2) is 13.8 Å². The number of rotatable bonds is 4. The van der Waals surface area contributed by atoms with Crippen molar-refractivity contribution in [2.75, 3.05) is 18.0 Å².